The van der Waals surface area contributed by atoms with Crippen LogP contribution in [0.15, 0.2) is 23.1 Å². The van der Waals surface area contributed by atoms with Crippen LogP contribution in [0.5, 0.6) is 0 Å². The molecule has 0 bridgehead atoms. The van der Waals surface area contributed by atoms with Crippen molar-refractivity contribution in [3.63, 3.8) is 0 Å². The number of hydrogen-bond acceptors (Lipinski definition) is 4. The second-order valence-corrected chi connectivity index (χ2v) is 7.59. The van der Waals surface area contributed by atoms with E-state index in [0.717, 1.165) is 37.4 Å². The average Bonchev–Trinajstić information content (AvgIpc) is 2.91. The number of carbonyl (C=O) groups excluding carboxylic acids is 1. The highest BCUT2D eigenvalue weighted by Crippen LogP contribution is 2.27. The van der Waals surface area contributed by atoms with Crippen molar-refractivity contribution in [3.05, 3.63) is 39.3 Å². The summed E-state index contributed by atoms with van der Waals surface area (Å²) in [5, 5.41) is 0.352. The van der Waals surface area contributed by atoms with Gasteiger partial charge in [0, 0.05) is 27.2 Å². The Kier molecular flexibility index (Phi) is 4.55. The molecule has 0 unspecified atom stereocenters. The summed E-state index contributed by atoms with van der Waals surface area (Å²) >= 11 is 6.43. The lowest BCUT2D eigenvalue weighted by molar-refractivity contribution is 0.0828. The van der Waals surface area contributed by atoms with Crippen LogP contribution in [0.2, 0.25) is 5.02 Å². The summed E-state index contributed by atoms with van der Waals surface area (Å²) in [7, 11) is 3.34. The van der Waals surface area contributed by atoms with Crippen LogP contribution in [-0.2, 0) is 0 Å². The van der Waals surface area contributed by atoms with Gasteiger partial charge in [0.15, 0.2) is 0 Å². The van der Waals surface area contributed by atoms with Gasteiger partial charge in [-0.15, -0.1) is 0 Å². The van der Waals surface area contributed by atoms with Crippen LogP contribution < -0.4 is 10.5 Å². The number of hydrogen-bond donors (Lipinski definition) is 1. The number of halogens is 1. The molecule has 1 fully saturated rings. The number of amides is 1. The summed E-state index contributed by atoms with van der Waals surface area (Å²) in [6.07, 6.45) is 6.24. The number of fused-ring (bicyclic) bond motifs is 3. The SMILES string of the molecule is CN(C)C(=O)c1cc2[nH]c(=O)c3cnc(N4CCCCCC4)n3c2cc1Cl. The molecule has 0 aliphatic carbocycles. The third kappa shape index (κ3) is 3.06. The van der Waals surface area contributed by atoms with Gasteiger partial charge >= 0.3 is 0 Å². The zero-order valence-corrected chi connectivity index (χ0v) is 16.2. The van der Waals surface area contributed by atoms with Crippen molar-refractivity contribution in [3.8, 4) is 0 Å². The van der Waals surface area contributed by atoms with Gasteiger partial charge in [0.05, 0.1) is 27.8 Å². The van der Waals surface area contributed by atoms with E-state index in [4.69, 9.17) is 11.6 Å². The van der Waals surface area contributed by atoms with Crippen molar-refractivity contribution in [1.29, 1.82) is 0 Å². The Morgan fingerprint density at radius 3 is 2.52 bits per heavy atom. The van der Waals surface area contributed by atoms with Gasteiger partial charge in [-0.25, -0.2) is 4.98 Å². The Bertz CT molecular complexity index is 1080. The van der Waals surface area contributed by atoms with Crippen molar-refractivity contribution in [2.24, 2.45) is 0 Å². The first kappa shape index (κ1) is 17.9. The zero-order valence-electron chi connectivity index (χ0n) is 15.5. The summed E-state index contributed by atoms with van der Waals surface area (Å²) < 4.78 is 1.86. The van der Waals surface area contributed by atoms with Gasteiger partial charge in [0.25, 0.3) is 11.5 Å². The number of aromatic amines is 1. The van der Waals surface area contributed by atoms with Gasteiger partial charge in [-0.3, -0.25) is 14.0 Å². The lowest BCUT2D eigenvalue weighted by atomic mass is 10.1. The molecule has 1 saturated heterocycles. The van der Waals surface area contributed by atoms with E-state index in [1.807, 2.05) is 4.40 Å². The number of nitrogens with one attached hydrogen (secondary N) is 1. The molecule has 1 amide bonds. The molecule has 0 radical (unpaired) electrons. The molecule has 8 heteroatoms. The maximum atomic E-state index is 12.6. The van der Waals surface area contributed by atoms with E-state index >= 15 is 0 Å². The zero-order chi connectivity index (χ0) is 19.1. The number of anilines is 1. The van der Waals surface area contributed by atoms with Gasteiger partial charge in [0.1, 0.15) is 5.52 Å². The van der Waals surface area contributed by atoms with Crippen molar-refractivity contribution in [2.45, 2.75) is 25.7 Å². The first-order valence-corrected chi connectivity index (χ1v) is 9.55. The molecule has 0 atom stereocenters. The van der Waals surface area contributed by atoms with Crippen LogP contribution >= 0.6 is 11.6 Å². The van der Waals surface area contributed by atoms with Crippen molar-refractivity contribution >= 4 is 40.0 Å². The Labute approximate surface area is 161 Å². The predicted molar refractivity (Wildman–Crippen MR) is 107 cm³/mol. The fourth-order valence-corrected chi connectivity index (χ4v) is 3.91. The maximum absolute atomic E-state index is 12.6. The monoisotopic (exact) mass is 387 g/mol. The summed E-state index contributed by atoms with van der Waals surface area (Å²) in [5.74, 6) is 0.548. The first-order valence-electron chi connectivity index (χ1n) is 9.17. The Morgan fingerprint density at radius 2 is 1.85 bits per heavy atom. The highest BCUT2D eigenvalue weighted by Gasteiger charge is 2.20. The molecule has 7 nitrogen and oxygen atoms in total. The number of aromatic nitrogens is 3. The number of carbonyl (C=O) groups is 1. The van der Waals surface area contributed by atoms with Crippen LogP contribution in [0.3, 0.4) is 0 Å². The quantitative estimate of drug-likeness (QED) is 0.733. The summed E-state index contributed by atoms with van der Waals surface area (Å²) in [4.78, 5) is 36.1. The van der Waals surface area contributed by atoms with E-state index in [-0.39, 0.29) is 11.5 Å². The van der Waals surface area contributed by atoms with Crippen LogP contribution in [0, 0.1) is 0 Å². The van der Waals surface area contributed by atoms with Gasteiger partial charge in [-0.05, 0) is 25.0 Å². The van der Waals surface area contributed by atoms with E-state index in [9.17, 15) is 9.59 Å². The Balaban J connectivity index is 1.96. The number of H-pyrrole nitrogens is 1. The fraction of sp³-hybridized carbons (Fsp3) is 0.421. The van der Waals surface area contributed by atoms with Gasteiger partial charge in [-0.2, -0.15) is 0 Å². The lowest BCUT2D eigenvalue weighted by Gasteiger charge is -2.21. The number of rotatable bonds is 2. The smallest absolute Gasteiger partial charge is 0.274 e. The topological polar surface area (TPSA) is 73.7 Å². The average molecular weight is 388 g/mol. The second-order valence-electron chi connectivity index (χ2n) is 7.18. The third-order valence-electron chi connectivity index (χ3n) is 5.08. The normalized spacial score (nSPS) is 15.3. The molecule has 0 saturated carbocycles. The van der Waals surface area contributed by atoms with Crippen LogP contribution in [0.1, 0.15) is 36.0 Å². The minimum Gasteiger partial charge on any atom is -0.345 e. The number of imidazole rings is 1. The molecule has 1 aliphatic rings. The molecule has 1 aromatic carbocycles. The Morgan fingerprint density at radius 1 is 1.15 bits per heavy atom. The molecule has 3 aromatic rings. The van der Waals surface area contributed by atoms with Crippen molar-refractivity contribution in [2.75, 3.05) is 32.1 Å². The van der Waals surface area contributed by atoms with Gasteiger partial charge in [-0.1, -0.05) is 24.4 Å². The Hall–Kier alpha value is -2.54. The molecule has 2 aromatic heterocycles. The van der Waals surface area contributed by atoms with E-state index < -0.39 is 0 Å². The van der Waals surface area contributed by atoms with E-state index in [2.05, 4.69) is 14.9 Å². The van der Waals surface area contributed by atoms with Crippen LogP contribution in [0.4, 0.5) is 5.95 Å². The van der Waals surface area contributed by atoms with E-state index in [1.165, 1.54) is 17.7 Å². The maximum Gasteiger partial charge on any atom is 0.274 e. The predicted octanol–water partition coefficient (Wildman–Crippen LogP) is 2.91. The highest BCUT2D eigenvalue weighted by atomic mass is 35.5. The first-order chi connectivity index (χ1) is 13.0. The van der Waals surface area contributed by atoms with Crippen molar-refractivity contribution < 1.29 is 4.79 Å². The van der Waals surface area contributed by atoms with E-state index in [1.54, 1.807) is 32.4 Å². The molecule has 27 heavy (non-hydrogen) atoms. The minimum atomic E-state index is -0.235. The minimum absolute atomic E-state index is 0.207. The molecule has 1 N–H and O–H groups in total. The summed E-state index contributed by atoms with van der Waals surface area (Å²) in [6, 6.07) is 3.38. The largest absolute Gasteiger partial charge is 0.345 e. The second kappa shape index (κ2) is 6.88. The third-order valence-corrected chi connectivity index (χ3v) is 5.39. The number of nitrogens with zero attached hydrogens (tertiary/aromatic N) is 4. The molecule has 4 rings (SSSR count). The fourth-order valence-electron chi connectivity index (χ4n) is 3.67. The van der Waals surface area contributed by atoms with E-state index in [0.29, 0.717) is 21.6 Å². The molecular formula is C19H22ClN5O2. The van der Waals surface area contributed by atoms with Crippen molar-refractivity contribution in [1.82, 2.24) is 19.3 Å². The lowest BCUT2D eigenvalue weighted by Crippen LogP contribution is -2.26. The molecule has 1 aliphatic heterocycles. The standard InChI is InChI=1S/C19H22ClN5O2/c1-23(2)18(27)12-9-14-15(10-13(12)20)25-16(17(26)22-14)11-21-19(25)24-7-5-3-4-6-8-24/h9-11H,3-8H2,1-2H3,(H,22,26). The number of benzene rings is 1. The molecule has 0 spiro atoms. The summed E-state index contributed by atoms with van der Waals surface area (Å²) in [5.41, 5.74) is 1.91. The molecule has 3 heterocycles. The summed E-state index contributed by atoms with van der Waals surface area (Å²) in [6.45, 7) is 1.83. The van der Waals surface area contributed by atoms with Crippen LogP contribution in [-0.4, -0.2) is 52.4 Å². The highest BCUT2D eigenvalue weighted by molar-refractivity contribution is 6.34. The van der Waals surface area contributed by atoms with Gasteiger partial charge in [0.2, 0.25) is 5.95 Å². The van der Waals surface area contributed by atoms with Crippen LogP contribution in [0.25, 0.3) is 16.6 Å². The molecule has 142 valence electrons. The van der Waals surface area contributed by atoms with Gasteiger partial charge < -0.3 is 14.8 Å². The molecular weight excluding hydrogens is 366 g/mol.